The van der Waals surface area contributed by atoms with Crippen molar-refractivity contribution in [2.75, 3.05) is 13.7 Å². The highest BCUT2D eigenvalue weighted by Crippen LogP contribution is 2.17. The van der Waals surface area contributed by atoms with E-state index in [1.165, 1.54) is 0 Å². The molecule has 0 fully saturated rings. The maximum absolute atomic E-state index is 11.8. The molecular weight excluding hydrogens is 242 g/mol. The monoisotopic (exact) mass is 265 g/mol. The Labute approximate surface area is 115 Å². The van der Waals surface area contributed by atoms with Gasteiger partial charge in [0.25, 0.3) is 0 Å². The summed E-state index contributed by atoms with van der Waals surface area (Å²) in [4.78, 5) is 11.8. The predicted octanol–water partition coefficient (Wildman–Crippen LogP) is 2.52. The molecule has 1 unspecified atom stereocenters. The normalized spacial score (nSPS) is 11.9. The quantitative estimate of drug-likeness (QED) is 0.734. The Morgan fingerprint density at radius 2 is 2.05 bits per heavy atom. The van der Waals surface area contributed by atoms with Crippen molar-refractivity contribution in [3.63, 3.8) is 0 Å². The molecule has 0 spiro atoms. The number of hydrogen-bond donors (Lipinski definition) is 1. The fourth-order valence-corrected chi connectivity index (χ4v) is 1.92. The highest BCUT2D eigenvalue weighted by Gasteiger charge is 2.18. The Balaban J connectivity index is 2.62. The van der Waals surface area contributed by atoms with Crippen LogP contribution in [0.5, 0.6) is 5.75 Å². The molecule has 0 saturated heterocycles. The first kappa shape index (κ1) is 15.5. The van der Waals surface area contributed by atoms with Crippen LogP contribution in [0.4, 0.5) is 0 Å². The molecule has 0 aromatic heterocycles. The minimum atomic E-state index is -0.255. The van der Waals surface area contributed by atoms with Crippen LogP contribution in [0, 0.1) is 0 Å². The summed E-state index contributed by atoms with van der Waals surface area (Å²) in [7, 11) is 1.65. The van der Waals surface area contributed by atoms with Gasteiger partial charge in [-0.3, -0.25) is 4.79 Å². The average molecular weight is 265 g/mol. The highest BCUT2D eigenvalue weighted by molar-refractivity contribution is 5.75. The Morgan fingerprint density at radius 3 is 2.68 bits per heavy atom. The molecule has 0 aliphatic carbocycles. The maximum atomic E-state index is 11.8. The van der Waals surface area contributed by atoms with Gasteiger partial charge in [-0.25, -0.2) is 0 Å². The number of methoxy groups -OCH3 is 1. The molecule has 0 radical (unpaired) electrons. The fourth-order valence-electron chi connectivity index (χ4n) is 1.92. The molecule has 0 heterocycles. The van der Waals surface area contributed by atoms with Gasteiger partial charge in [0.2, 0.25) is 0 Å². The van der Waals surface area contributed by atoms with Crippen molar-refractivity contribution in [3.05, 3.63) is 29.8 Å². The fraction of sp³-hybridized carbons (Fsp3) is 0.533. The lowest BCUT2D eigenvalue weighted by atomic mass is 10.1. The van der Waals surface area contributed by atoms with Gasteiger partial charge in [0, 0.05) is 12.1 Å². The number of benzene rings is 1. The van der Waals surface area contributed by atoms with Gasteiger partial charge >= 0.3 is 5.97 Å². The second-order valence-corrected chi connectivity index (χ2v) is 4.29. The van der Waals surface area contributed by atoms with E-state index < -0.39 is 0 Å². The lowest BCUT2D eigenvalue weighted by Crippen LogP contribution is -2.37. The van der Waals surface area contributed by atoms with Gasteiger partial charge < -0.3 is 14.8 Å². The summed E-state index contributed by atoms with van der Waals surface area (Å²) in [6.07, 6.45) is 1.70. The number of ether oxygens (including phenoxy) is 2. The molecule has 19 heavy (non-hydrogen) atoms. The van der Waals surface area contributed by atoms with E-state index in [-0.39, 0.29) is 12.0 Å². The summed E-state index contributed by atoms with van der Waals surface area (Å²) in [6, 6.07) is 7.53. The second-order valence-electron chi connectivity index (χ2n) is 4.29. The van der Waals surface area contributed by atoms with Crippen molar-refractivity contribution >= 4 is 5.97 Å². The van der Waals surface area contributed by atoms with Crippen LogP contribution in [0.25, 0.3) is 0 Å². The van der Waals surface area contributed by atoms with E-state index in [0.717, 1.165) is 24.2 Å². The number of esters is 1. The van der Waals surface area contributed by atoms with Gasteiger partial charge in [0.15, 0.2) is 0 Å². The number of carbonyl (C=O) groups excluding carboxylic acids is 1. The Morgan fingerprint density at radius 1 is 1.32 bits per heavy atom. The van der Waals surface area contributed by atoms with Gasteiger partial charge in [0.05, 0.1) is 13.7 Å². The molecule has 0 aliphatic rings. The summed E-state index contributed by atoms with van der Waals surface area (Å²) >= 11 is 0. The van der Waals surface area contributed by atoms with Crippen LogP contribution in [-0.4, -0.2) is 25.7 Å². The summed E-state index contributed by atoms with van der Waals surface area (Å²) in [5, 5.41) is 3.24. The third-order valence-corrected chi connectivity index (χ3v) is 2.88. The van der Waals surface area contributed by atoms with Crippen LogP contribution in [0.3, 0.4) is 0 Å². The molecule has 1 aromatic carbocycles. The molecule has 4 nitrogen and oxygen atoms in total. The summed E-state index contributed by atoms with van der Waals surface area (Å²) < 4.78 is 10.4. The maximum Gasteiger partial charge on any atom is 0.323 e. The van der Waals surface area contributed by atoms with E-state index in [9.17, 15) is 4.79 Å². The van der Waals surface area contributed by atoms with Crippen molar-refractivity contribution in [1.82, 2.24) is 5.32 Å². The molecule has 0 amide bonds. The lowest BCUT2D eigenvalue weighted by Gasteiger charge is -2.17. The van der Waals surface area contributed by atoms with Crippen LogP contribution in [0.1, 0.15) is 32.3 Å². The zero-order valence-corrected chi connectivity index (χ0v) is 11.9. The van der Waals surface area contributed by atoms with Gasteiger partial charge in [-0.05, 0) is 19.4 Å². The summed E-state index contributed by atoms with van der Waals surface area (Å²) in [5.74, 6) is 0.647. The minimum absolute atomic E-state index is 0.181. The van der Waals surface area contributed by atoms with E-state index in [1.54, 1.807) is 7.11 Å². The van der Waals surface area contributed by atoms with E-state index in [4.69, 9.17) is 9.47 Å². The molecule has 0 aliphatic heterocycles. The van der Waals surface area contributed by atoms with Gasteiger partial charge in [-0.15, -0.1) is 0 Å². The van der Waals surface area contributed by atoms with Crippen LogP contribution < -0.4 is 10.1 Å². The molecule has 1 rings (SSSR count). The minimum Gasteiger partial charge on any atom is -0.496 e. The van der Waals surface area contributed by atoms with Crippen LogP contribution >= 0.6 is 0 Å². The first-order valence-corrected chi connectivity index (χ1v) is 6.74. The Kier molecular flexibility index (Phi) is 6.97. The third kappa shape index (κ3) is 4.91. The van der Waals surface area contributed by atoms with E-state index in [0.29, 0.717) is 13.2 Å². The lowest BCUT2D eigenvalue weighted by molar-refractivity contribution is -0.145. The smallest absolute Gasteiger partial charge is 0.323 e. The van der Waals surface area contributed by atoms with Crippen molar-refractivity contribution in [1.29, 1.82) is 0 Å². The topological polar surface area (TPSA) is 47.6 Å². The van der Waals surface area contributed by atoms with Gasteiger partial charge in [-0.1, -0.05) is 31.5 Å². The van der Waals surface area contributed by atoms with Gasteiger partial charge in [0.1, 0.15) is 11.8 Å². The molecule has 0 saturated carbocycles. The zero-order chi connectivity index (χ0) is 14.1. The predicted molar refractivity (Wildman–Crippen MR) is 75.2 cm³/mol. The molecule has 106 valence electrons. The highest BCUT2D eigenvalue weighted by atomic mass is 16.5. The summed E-state index contributed by atoms with van der Waals surface area (Å²) in [6.45, 7) is 4.88. The standard InChI is InChI=1S/C15H23NO3/c1-4-8-13(15(17)19-5-2)16-11-12-9-6-7-10-14(12)18-3/h6-7,9-10,13,16H,4-5,8,11H2,1-3H3. The van der Waals surface area contributed by atoms with Crippen LogP contribution in [0.15, 0.2) is 24.3 Å². The average Bonchev–Trinajstić information content (AvgIpc) is 2.44. The van der Waals surface area contributed by atoms with Crippen molar-refractivity contribution in [2.45, 2.75) is 39.3 Å². The largest absolute Gasteiger partial charge is 0.496 e. The van der Waals surface area contributed by atoms with Crippen molar-refractivity contribution < 1.29 is 14.3 Å². The third-order valence-electron chi connectivity index (χ3n) is 2.88. The van der Waals surface area contributed by atoms with Gasteiger partial charge in [-0.2, -0.15) is 0 Å². The van der Waals surface area contributed by atoms with Crippen molar-refractivity contribution in [2.24, 2.45) is 0 Å². The summed E-state index contributed by atoms with van der Waals surface area (Å²) in [5.41, 5.74) is 1.04. The Bertz CT molecular complexity index is 393. The van der Waals surface area contributed by atoms with Crippen LogP contribution in [-0.2, 0) is 16.1 Å². The number of hydrogen-bond acceptors (Lipinski definition) is 4. The molecular formula is C15H23NO3. The number of rotatable bonds is 8. The first-order valence-electron chi connectivity index (χ1n) is 6.74. The number of nitrogens with one attached hydrogen (secondary N) is 1. The van der Waals surface area contributed by atoms with E-state index in [2.05, 4.69) is 12.2 Å². The first-order chi connectivity index (χ1) is 9.22. The number of carbonyl (C=O) groups is 1. The molecule has 1 aromatic rings. The molecule has 4 heteroatoms. The van der Waals surface area contributed by atoms with Crippen LogP contribution in [0.2, 0.25) is 0 Å². The molecule has 0 bridgehead atoms. The SMILES string of the molecule is CCCC(NCc1ccccc1OC)C(=O)OCC. The second kappa shape index (κ2) is 8.53. The molecule has 1 N–H and O–H groups in total. The number of para-hydroxylation sites is 1. The zero-order valence-electron chi connectivity index (χ0n) is 11.9. The van der Waals surface area contributed by atoms with Crippen molar-refractivity contribution in [3.8, 4) is 5.75 Å². The molecule has 1 atom stereocenters. The van der Waals surface area contributed by atoms with E-state index >= 15 is 0 Å². The Hall–Kier alpha value is -1.55. The van der Waals surface area contributed by atoms with E-state index in [1.807, 2.05) is 31.2 Å².